The Morgan fingerprint density at radius 1 is 1.37 bits per heavy atom. The minimum Gasteiger partial charge on any atom is -0.496 e. The molecule has 0 heterocycles. The number of carboxylic acid groups (broad SMARTS) is 1. The maximum Gasteiger partial charge on any atom is 0.326 e. The van der Waals surface area contributed by atoms with Crippen LogP contribution < -0.4 is 10.1 Å². The molecule has 1 amide bonds. The third kappa shape index (κ3) is 3.71. The Hall–Kier alpha value is -2.04. The average Bonchev–Trinajstić information content (AvgIpc) is 2.43. The topological polar surface area (TPSA) is 75.6 Å². The molecule has 0 bridgehead atoms. The number of benzene rings is 1. The Morgan fingerprint density at radius 2 is 2.00 bits per heavy atom. The Bertz CT molecular complexity index is 459. The summed E-state index contributed by atoms with van der Waals surface area (Å²) >= 11 is 0. The quantitative estimate of drug-likeness (QED) is 0.824. The van der Waals surface area contributed by atoms with Crippen LogP contribution in [-0.2, 0) is 4.79 Å². The fraction of sp³-hybridized carbons (Fsp3) is 0.429. The molecule has 0 spiro atoms. The second kappa shape index (κ2) is 6.78. The number of hydrogen-bond acceptors (Lipinski definition) is 3. The summed E-state index contributed by atoms with van der Waals surface area (Å²) < 4.78 is 5.09. The van der Waals surface area contributed by atoms with Crippen molar-refractivity contribution in [3.05, 3.63) is 29.8 Å². The van der Waals surface area contributed by atoms with Crippen molar-refractivity contribution in [2.45, 2.75) is 26.3 Å². The van der Waals surface area contributed by atoms with Gasteiger partial charge in [0, 0.05) is 0 Å². The van der Waals surface area contributed by atoms with Crippen LogP contribution in [-0.4, -0.2) is 30.1 Å². The van der Waals surface area contributed by atoms with E-state index in [4.69, 9.17) is 9.84 Å². The van der Waals surface area contributed by atoms with Crippen molar-refractivity contribution < 1.29 is 19.4 Å². The fourth-order valence-electron chi connectivity index (χ4n) is 1.73. The van der Waals surface area contributed by atoms with Gasteiger partial charge in [0.05, 0.1) is 12.7 Å². The van der Waals surface area contributed by atoms with E-state index < -0.39 is 17.9 Å². The summed E-state index contributed by atoms with van der Waals surface area (Å²) in [6, 6.07) is 5.81. The molecule has 1 aromatic rings. The van der Waals surface area contributed by atoms with Gasteiger partial charge in [0.15, 0.2) is 0 Å². The number of hydrogen-bond donors (Lipinski definition) is 2. The lowest BCUT2D eigenvalue weighted by atomic mass is 9.99. The molecular weight excluding hydrogens is 246 g/mol. The highest BCUT2D eigenvalue weighted by atomic mass is 16.5. The van der Waals surface area contributed by atoms with Crippen LogP contribution in [0.15, 0.2) is 24.3 Å². The normalized spacial score (nSPS) is 13.4. The van der Waals surface area contributed by atoms with E-state index in [2.05, 4.69) is 5.32 Å². The van der Waals surface area contributed by atoms with Gasteiger partial charge in [-0.3, -0.25) is 4.79 Å². The van der Waals surface area contributed by atoms with Crippen molar-refractivity contribution in [2.24, 2.45) is 5.92 Å². The van der Waals surface area contributed by atoms with Crippen LogP contribution in [0.25, 0.3) is 0 Å². The Morgan fingerprint density at radius 3 is 2.53 bits per heavy atom. The molecule has 0 aliphatic rings. The zero-order valence-corrected chi connectivity index (χ0v) is 11.3. The number of methoxy groups -OCH3 is 1. The minimum absolute atomic E-state index is 0.142. The standard InChI is InChI=1S/C14H19NO4/c1-4-9(2)12(14(17)18)15-13(16)10-7-5-6-8-11(10)19-3/h5-9,12H,4H2,1-3H3,(H,15,16)(H,17,18). The molecule has 19 heavy (non-hydrogen) atoms. The van der Waals surface area contributed by atoms with Crippen molar-refractivity contribution in [1.82, 2.24) is 5.32 Å². The highest BCUT2D eigenvalue weighted by Crippen LogP contribution is 2.18. The molecule has 0 aliphatic carbocycles. The number of amides is 1. The van der Waals surface area contributed by atoms with Crippen molar-refractivity contribution in [3.8, 4) is 5.75 Å². The molecule has 104 valence electrons. The van der Waals surface area contributed by atoms with Crippen LogP contribution in [0, 0.1) is 5.92 Å². The maximum absolute atomic E-state index is 12.1. The first-order valence-corrected chi connectivity index (χ1v) is 6.17. The van der Waals surface area contributed by atoms with Crippen LogP contribution in [0.4, 0.5) is 0 Å². The third-order valence-electron chi connectivity index (χ3n) is 3.12. The lowest BCUT2D eigenvalue weighted by Gasteiger charge is -2.20. The first kappa shape index (κ1) is 15.0. The number of para-hydroxylation sites is 1. The number of nitrogens with one attached hydrogen (secondary N) is 1. The predicted molar refractivity (Wildman–Crippen MR) is 71.3 cm³/mol. The van der Waals surface area contributed by atoms with Crippen molar-refractivity contribution >= 4 is 11.9 Å². The highest BCUT2D eigenvalue weighted by Gasteiger charge is 2.26. The molecule has 2 atom stereocenters. The van der Waals surface area contributed by atoms with Gasteiger partial charge in [0.2, 0.25) is 0 Å². The van der Waals surface area contributed by atoms with Crippen molar-refractivity contribution in [1.29, 1.82) is 0 Å². The number of carboxylic acids is 1. The van der Waals surface area contributed by atoms with Gasteiger partial charge in [-0.1, -0.05) is 32.4 Å². The van der Waals surface area contributed by atoms with Crippen LogP contribution in [0.3, 0.4) is 0 Å². The molecule has 1 rings (SSSR count). The smallest absolute Gasteiger partial charge is 0.326 e. The molecule has 1 aromatic carbocycles. The van der Waals surface area contributed by atoms with Crippen LogP contribution in [0.2, 0.25) is 0 Å². The molecule has 0 fully saturated rings. The number of carbonyl (C=O) groups excluding carboxylic acids is 1. The predicted octanol–water partition coefficient (Wildman–Crippen LogP) is 1.92. The molecule has 2 N–H and O–H groups in total. The van der Waals surface area contributed by atoms with E-state index in [0.717, 1.165) is 0 Å². The molecule has 0 aliphatic heterocycles. The molecule has 2 unspecified atom stereocenters. The summed E-state index contributed by atoms with van der Waals surface area (Å²) in [5, 5.41) is 11.7. The summed E-state index contributed by atoms with van der Waals surface area (Å²) in [5.41, 5.74) is 0.333. The van der Waals surface area contributed by atoms with Gasteiger partial charge >= 0.3 is 5.97 Å². The van der Waals surface area contributed by atoms with E-state index in [1.807, 2.05) is 6.92 Å². The summed E-state index contributed by atoms with van der Waals surface area (Å²) in [6.45, 7) is 3.68. The van der Waals surface area contributed by atoms with Gasteiger partial charge in [-0.15, -0.1) is 0 Å². The highest BCUT2D eigenvalue weighted by molar-refractivity contribution is 5.98. The first-order valence-electron chi connectivity index (χ1n) is 6.17. The van der Waals surface area contributed by atoms with Crippen molar-refractivity contribution in [3.63, 3.8) is 0 Å². The van der Waals surface area contributed by atoms with Crippen LogP contribution in [0.5, 0.6) is 5.75 Å². The zero-order chi connectivity index (χ0) is 14.4. The molecule has 5 nitrogen and oxygen atoms in total. The summed E-state index contributed by atoms with van der Waals surface area (Å²) in [6.07, 6.45) is 0.670. The first-order chi connectivity index (χ1) is 9.01. The number of aliphatic carboxylic acids is 1. The lowest BCUT2D eigenvalue weighted by molar-refractivity contribution is -0.140. The van der Waals surface area contributed by atoms with Gasteiger partial charge in [-0.05, 0) is 18.1 Å². The number of carbonyl (C=O) groups is 2. The molecule has 0 saturated carbocycles. The SMILES string of the molecule is CCC(C)C(NC(=O)c1ccccc1OC)C(=O)O. The van der Waals surface area contributed by atoms with Gasteiger partial charge in [0.25, 0.3) is 5.91 Å². The molecule has 0 saturated heterocycles. The molecule has 0 aromatic heterocycles. The van der Waals surface area contributed by atoms with Gasteiger partial charge in [-0.25, -0.2) is 4.79 Å². The largest absolute Gasteiger partial charge is 0.496 e. The van der Waals surface area contributed by atoms with Gasteiger partial charge in [0.1, 0.15) is 11.8 Å². The number of ether oxygens (including phenoxy) is 1. The van der Waals surface area contributed by atoms with Gasteiger partial charge in [-0.2, -0.15) is 0 Å². The Kier molecular flexibility index (Phi) is 5.36. The zero-order valence-electron chi connectivity index (χ0n) is 11.3. The molecule has 0 radical (unpaired) electrons. The van der Waals surface area contributed by atoms with E-state index in [1.54, 1.807) is 31.2 Å². The average molecular weight is 265 g/mol. The van der Waals surface area contributed by atoms with E-state index in [1.165, 1.54) is 7.11 Å². The maximum atomic E-state index is 12.1. The second-order valence-corrected chi connectivity index (χ2v) is 4.38. The summed E-state index contributed by atoms with van der Waals surface area (Å²) in [7, 11) is 1.47. The lowest BCUT2D eigenvalue weighted by Crippen LogP contribution is -2.45. The molecular formula is C14H19NO4. The van der Waals surface area contributed by atoms with Gasteiger partial charge < -0.3 is 15.2 Å². The second-order valence-electron chi connectivity index (χ2n) is 4.38. The third-order valence-corrected chi connectivity index (χ3v) is 3.12. The van der Waals surface area contributed by atoms with Crippen LogP contribution >= 0.6 is 0 Å². The number of rotatable bonds is 6. The van der Waals surface area contributed by atoms with E-state index >= 15 is 0 Å². The molecule has 5 heteroatoms. The Balaban J connectivity index is 2.91. The van der Waals surface area contributed by atoms with E-state index in [-0.39, 0.29) is 5.92 Å². The summed E-state index contributed by atoms with van der Waals surface area (Å²) in [5.74, 6) is -1.19. The van der Waals surface area contributed by atoms with E-state index in [9.17, 15) is 9.59 Å². The van der Waals surface area contributed by atoms with E-state index in [0.29, 0.717) is 17.7 Å². The summed E-state index contributed by atoms with van der Waals surface area (Å²) in [4.78, 5) is 23.3. The van der Waals surface area contributed by atoms with Crippen LogP contribution in [0.1, 0.15) is 30.6 Å². The fourth-order valence-corrected chi connectivity index (χ4v) is 1.73. The Labute approximate surface area is 112 Å². The van der Waals surface area contributed by atoms with Crippen molar-refractivity contribution in [2.75, 3.05) is 7.11 Å². The monoisotopic (exact) mass is 265 g/mol. The minimum atomic E-state index is -1.03.